The molecule has 1 amide bonds. The van der Waals surface area contributed by atoms with E-state index in [4.69, 9.17) is 4.74 Å². The van der Waals surface area contributed by atoms with E-state index in [0.29, 0.717) is 29.1 Å². The first kappa shape index (κ1) is 19.9. The number of ether oxygens (including phenoxy) is 1. The van der Waals surface area contributed by atoms with Gasteiger partial charge in [0, 0.05) is 15.7 Å². The van der Waals surface area contributed by atoms with Crippen LogP contribution in [0.2, 0.25) is 0 Å². The maximum absolute atomic E-state index is 13.0. The van der Waals surface area contributed by atoms with Gasteiger partial charge in [-0.05, 0) is 48.9 Å². The van der Waals surface area contributed by atoms with Crippen molar-refractivity contribution in [2.75, 3.05) is 17.2 Å². The first-order valence-electron chi connectivity index (χ1n) is 9.52. The molecule has 0 aliphatic carbocycles. The molecule has 0 fully saturated rings. The molecule has 0 saturated heterocycles. The average Bonchev–Trinajstić information content (AvgIpc) is 3.09. The first-order chi connectivity index (χ1) is 14.6. The second-order valence-electron chi connectivity index (χ2n) is 6.68. The second-order valence-corrected chi connectivity index (χ2v) is 7.60. The Morgan fingerprint density at radius 1 is 1.00 bits per heavy atom. The summed E-state index contributed by atoms with van der Waals surface area (Å²) in [5, 5.41) is 6.28. The minimum absolute atomic E-state index is 0.227. The SMILES string of the molecule is CCOC(=O)c1ccc2c(c1)NC(=O)/C2=C(/Nc1ccc(Br)cc1)c1ccccc1. The van der Waals surface area contributed by atoms with E-state index < -0.39 is 5.97 Å². The maximum atomic E-state index is 13.0. The van der Waals surface area contributed by atoms with Crippen molar-refractivity contribution in [2.24, 2.45) is 0 Å². The molecule has 1 aliphatic rings. The lowest BCUT2D eigenvalue weighted by Crippen LogP contribution is -2.10. The van der Waals surface area contributed by atoms with Crippen molar-refractivity contribution in [1.82, 2.24) is 0 Å². The van der Waals surface area contributed by atoms with Gasteiger partial charge in [-0.25, -0.2) is 4.79 Å². The van der Waals surface area contributed by atoms with Gasteiger partial charge in [0.05, 0.1) is 29.1 Å². The Kier molecular flexibility index (Phi) is 5.68. The number of fused-ring (bicyclic) bond motifs is 1. The lowest BCUT2D eigenvalue weighted by Gasteiger charge is -2.15. The zero-order valence-electron chi connectivity index (χ0n) is 16.2. The molecule has 0 radical (unpaired) electrons. The Morgan fingerprint density at radius 3 is 2.43 bits per heavy atom. The molecule has 0 bridgehead atoms. The summed E-state index contributed by atoms with van der Waals surface area (Å²) < 4.78 is 6.04. The summed E-state index contributed by atoms with van der Waals surface area (Å²) in [4.78, 5) is 25.0. The van der Waals surface area contributed by atoms with Crippen molar-refractivity contribution in [2.45, 2.75) is 6.92 Å². The van der Waals surface area contributed by atoms with Crippen molar-refractivity contribution in [3.05, 3.63) is 94.0 Å². The number of benzene rings is 3. The van der Waals surface area contributed by atoms with E-state index in [9.17, 15) is 9.59 Å². The topological polar surface area (TPSA) is 67.4 Å². The van der Waals surface area contributed by atoms with Gasteiger partial charge in [0.25, 0.3) is 5.91 Å². The number of esters is 1. The highest BCUT2D eigenvalue weighted by molar-refractivity contribution is 9.10. The number of carbonyl (C=O) groups is 2. The minimum atomic E-state index is -0.414. The van der Waals surface area contributed by atoms with Crippen LogP contribution in [0.5, 0.6) is 0 Å². The number of nitrogens with one attached hydrogen (secondary N) is 2. The lowest BCUT2D eigenvalue weighted by atomic mass is 9.99. The Labute approximate surface area is 182 Å². The van der Waals surface area contributed by atoms with Crippen molar-refractivity contribution < 1.29 is 14.3 Å². The third-order valence-corrected chi connectivity index (χ3v) is 5.23. The molecule has 0 aromatic heterocycles. The molecule has 3 aromatic rings. The molecule has 1 aliphatic heterocycles. The van der Waals surface area contributed by atoms with Crippen molar-refractivity contribution in [1.29, 1.82) is 0 Å². The van der Waals surface area contributed by atoms with Crippen molar-refractivity contribution in [3.8, 4) is 0 Å². The van der Waals surface area contributed by atoms with Crippen LogP contribution >= 0.6 is 15.9 Å². The smallest absolute Gasteiger partial charge is 0.338 e. The number of rotatable bonds is 5. The molecule has 2 N–H and O–H groups in total. The predicted molar refractivity (Wildman–Crippen MR) is 122 cm³/mol. The molecule has 0 unspecified atom stereocenters. The van der Waals surface area contributed by atoms with Gasteiger partial charge in [-0.2, -0.15) is 0 Å². The van der Waals surface area contributed by atoms with E-state index in [1.807, 2.05) is 54.6 Å². The Morgan fingerprint density at radius 2 is 1.73 bits per heavy atom. The van der Waals surface area contributed by atoms with Crippen LogP contribution < -0.4 is 10.6 Å². The molecule has 3 aromatic carbocycles. The maximum Gasteiger partial charge on any atom is 0.338 e. The zero-order valence-corrected chi connectivity index (χ0v) is 17.8. The Hall–Kier alpha value is -3.38. The fourth-order valence-corrected chi connectivity index (χ4v) is 3.59. The van der Waals surface area contributed by atoms with Crippen LogP contribution in [0.3, 0.4) is 0 Å². The summed E-state index contributed by atoms with van der Waals surface area (Å²) in [5.74, 6) is -0.641. The van der Waals surface area contributed by atoms with Crippen molar-refractivity contribution >= 4 is 50.5 Å². The summed E-state index contributed by atoms with van der Waals surface area (Å²) in [6.07, 6.45) is 0. The van der Waals surface area contributed by atoms with E-state index in [-0.39, 0.29) is 5.91 Å². The number of hydrogen-bond donors (Lipinski definition) is 2. The number of carbonyl (C=O) groups excluding carboxylic acids is 2. The van der Waals surface area contributed by atoms with Crippen LogP contribution in [-0.4, -0.2) is 18.5 Å². The van der Waals surface area contributed by atoms with Crippen LogP contribution in [0, 0.1) is 0 Å². The van der Waals surface area contributed by atoms with Gasteiger partial charge in [0.15, 0.2) is 0 Å². The quantitative estimate of drug-likeness (QED) is 0.384. The normalized spacial score (nSPS) is 14.0. The van der Waals surface area contributed by atoms with Gasteiger partial charge in [-0.1, -0.05) is 52.3 Å². The molecule has 0 atom stereocenters. The van der Waals surface area contributed by atoms with E-state index >= 15 is 0 Å². The highest BCUT2D eigenvalue weighted by Crippen LogP contribution is 2.38. The first-order valence-corrected chi connectivity index (χ1v) is 10.3. The molecule has 6 heteroatoms. The Bertz CT molecular complexity index is 1140. The molecular weight excluding hydrogens is 444 g/mol. The number of halogens is 1. The number of amides is 1. The number of hydrogen-bond acceptors (Lipinski definition) is 4. The largest absolute Gasteiger partial charge is 0.462 e. The van der Waals surface area contributed by atoms with E-state index in [2.05, 4.69) is 26.6 Å². The molecule has 1 heterocycles. The lowest BCUT2D eigenvalue weighted by molar-refractivity contribution is -0.110. The van der Waals surface area contributed by atoms with Gasteiger partial charge in [-0.3, -0.25) is 4.79 Å². The Balaban J connectivity index is 1.83. The highest BCUT2D eigenvalue weighted by Gasteiger charge is 2.29. The fraction of sp³-hybridized carbons (Fsp3) is 0.0833. The average molecular weight is 463 g/mol. The van der Waals surface area contributed by atoms with Gasteiger partial charge in [0.2, 0.25) is 0 Å². The van der Waals surface area contributed by atoms with Gasteiger partial charge >= 0.3 is 5.97 Å². The summed E-state index contributed by atoms with van der Waals surface area (Å²) in [5.41, 5.74) is 4.68. The standard InChI is InChI=1S/C24H19BrN2O3/c1-2-30-24(29)16-8-13-19-20(14-16)27-23(28)21(19)22(15-6-4-3-5-7-15)26-18-11-9-17(25)10-12-18/h3-14,26H,2H2,1H3,(H,27,28)/b22-21+. The molecule has 0 saturated carbocycles. The predicted octanol–water partition coefficient (Wildman–Crippen LogP) is 5.56. The van der Waals surface area contributed by atoms with Crippen LogP contribution in [-0.2, 0) is 9.53 Å². The highest BCUT2D eigenvalue weighted by atomic mass is 79.9. The van der Waals surface area contributed by atoms with Crippen LogP contribution in [0.25, 0.3) is 11.3 Å². The summed E-state index contributed by atoms with van der Waals surface area (Å²) in [6, 6.07) is 22.5. The van der Waals surface area contributed by atoms with Gasteiger partial charge in [0.1, 0.15) is 0 Å². The molecule has 150 valence electrons. The molecule has 0 spiro atoms. The van der Waals surface area contributed by atoms with Crippen LogP contribution in [0.1, 0.15) is 28.4 Å². The monoisotopic (exact) mass is 462 g/mol. The van der Waals surface area contributed by atoms with Crippen LogP contribution in [0.4, 0.5) is 11.4 Å². The van der Waals surface area contributed by atoms with Crippen molar-refractivity contribution in [3.63, 3.8) is 0 Å². The van der Waals surface area contributed by atoms with Gasteiger partial charge < -0.3 is 15.4 Å². The third-order valence-electron chi connectivity index (χ3n) is 4.70. The molecule has 5 nitrogen and oxygen atoms in total. The summed E-state index contributed by atoms with van der Waals surface area (Å²) >= 11 is 3.44. The molecular formula is C24H19BrN2O3. The van der Waals surface area contributed by atoms with Gasteiger partial charge in [-0.15, -0.1) is 0 Å². The summed E-state index contributed by atoms with van der Waals surface area (Å²) in [7, 11) is 0. The fourth-order valence-electron chi connectivity index (χ4n) is 3.32. The molecule has 4 rings (SSSR count). The zero-order chi connectivity index (χ0) is 21.1. The third kappa shape index (κ3) is 4.00. The van der Waals surface area contributed by atoms with E-state index in [1.54, 1.807) is 25.1 Å². The van der Waals surface area contributed by atoms with Crippen LogP contribution in [0.15, 0.2) is 77.3 Å². The second kappa shape index (κ2) is 8.55. The number of anilines is 2. The molecule has 30 heavy (non-hydrogen) atoms. The minimum Gasteiger partial charge on any atom is -0.462 e. The van der Waals surface area contributed by atoms with E-state index in [1.165, 1.54) is 0 Å². The van der Waals surface area contributed by atoms with E-state index in [0.717, 1.165) is 21.3 Å². The summed E-state index contributed by atoms with van der Waals surface area (Å²) in [6.45, 7) is 2.05.